The summed E-state index contributed by atoms with van der Waals surface area (Å²) in [5.74, 6) is 0.453. The van der Waals surface area contributed by atoms with Gasteiger partial charge in [-0.2, -0.15) is 0 Å². The molecule has 72 valence electrons. The van der Waals surface area contributed by atoms with Gasteiger partial charge in [0.2, 0.25) is 0 Å². The molecular weight excluding hydrogens is 196 g/mol. The molecule has 14 heavy (non-hydrogen) atoms. The first kappa shape index (κ1) is 9.41. The number of halogens is 1. The molecule has 1 aromatic carbocycles. The molecule has 2 aromatic rings. The first-order chi connectivity index (χ1) is 6.68. The van der Waals surface area contributed by atoms with Crippen molar-refractivity contribution >= 4 is 22.6 Å². The van der Waals surface area contributed by atoms with Crippen LogP contribution in [-0.2, 0) is 0 Å². The van der Waals surface area contributed by atoms with Crippen molar-refractivity contribution in [2.24, 2.45) is 0 Å². The fraction of sp³-hybridized carbons (Fsp3) is 0.273. The zero-order chi connectivity index (χ0) is 10.1. The number of hydrogen-bond acceptors (Lipinski definition) is 2. The minimum atomic E-state index is 0.443. The third-order valence-corrected chi connectivity index (χ3v) is 2.38. The highest BCUT2D eigenvalue weighted by molar-refractivity contribution is 6.29. The van der Waals surface area contributed by atoms with Crippen molar-refractivity contribution in [2.45, 2.75) is 19.8 Å². The maximum Gasteiger partial charge on any atom is 0.148 e. The van der Waals surface area contributed by atoms with E-state index in [4.69, 9.17) is 11.6 Å². The van der Waals surface area contributed by atoms with Crippen LogP contribution in [0.5, 0.6) is 0 Å². The lowest BCUT2D eigenvalue weighted by Gasteiger charge is -2.07. The van der Waals surface area contributed by atoms with Crippen LogP contribution in [0, 0.1) is 0 Å². The van der Waals surface area contributed by atoms with Gasteiger partial charge in [0.1, 0.15) is 5.15 Å². The van der Waals surface area contributed by atoms with Crippen LogP contribution in [0.4, 0.5) is 0 Å². The molecule has 0 aliphatic carbocycles. The molecule has 0 bridgehead atoms. The van der Waals surface area contributed by atoms with Crippen LogP contribution in [-0.4, -0.2) is 9.97 Å². The van der Waals surface area contributed by atoms with Crippen LogP contribution < -0.4 is 0 Å². The van der Waals surface area contributed by atoms with Crippen LogP contribution in [0.25, 0.3) is 11.0 Å². The summed E-state index contributed by atoms with van der Waals surface area (Å²) in [6.45, 7) is 4.29. The minimum absolute atomic E-state index is 0.443. The number of hydrogen-bond donors (Lipinski definition) is 0. The molecule has 0 atom stereocenters. The first-order valence-corrected chi connectivity index (χ1v) is 4.97. The molecule has 0 N–H and O–H groups in total. The number of rotatable bonds is 1. The van der Waals surface area contributed by atoms with Crippen LogP contribution in [0.2, 0.25) is 5.15 Å². The van der Waals surface area contributed by atoms with Gasteiger partial charge in [0.25, 0.3) is 0 Å². The Morgan fingerprint density at radius 3 is 2.79 bits per heavy atom. The molecule has 0 spiro atoms. The van der Waals surface area contributed by atoms with Crippen LogP contribution in [0.1, 0.15) is 25.3 Å². The summed E-state index contributed by atoms with van der Waals surface area (Å²) in [5, 5.41) is 0.443. The van der Waals surface area contributed by atoms with E-state index in [9.17, 15) is 0 Å². The highest BCUT2D eigenvalue weighted by Crippen LogP contribution is 2.22. The Kier molecular flexibility index (Phi) is 2.38. The van der Waals surface area contributed by atoms with E-state index in [-0.39, 0.29) is 0 Å². The van der Waals surface area contributed by atoms with E-state index in [1.54, 1.807) is 6.20 Å². The predicted octanol–water partition coefficient (Wildman–Crippen LogP) is 3.41. The van der Waals surface area contributed by atoms with Gasteiger partial charge >= 0.3 is 0 Å². The van der Waals surface area contributed by atoms with Crippen molar-refractivity contribution in [2.75, 3.05) is 0 Å². The standard InChI is InChI=1S/C11H11ClN2/c1-7(2)8-4-3-5-9-11(8)13-6-10(12)14-9/h3-7H,1-2H3. The molecule has 1 aromatic heterocycles. The van der Waals surface area contributed by atoms with E-state index in [1.807, 2.05) is 12.1 Å². The van der Waals surface area contributed by atoms with E-state index in [0.29, 0.717) is 11.1 Å². The predicted molar refractivity (Wildman–Crippen MR) is 58.6 cm³/mol. The maximum absolute atomic E-state index is 5.78. The normalized spacial score (nSPS) is 11.1. The molecule has 0 aliphatic heterocycles. The molecule has 3 heteroatoms. The lowest BCUT2D eigenvalue weighted by atomic mass is 10.0. The lowest BCUT2D eigenvalue weighted by molar-refractivity contribution is 0.872. The summed E-state index contributed by atoms with van der Waals surface area (Å²) in [6, 6.07) is 6.00. The smallest absolute Gasteiger partial charge is 0.148 e. The number of nitrogens with zero attached hydrogens (tertiary/aromatic N) is 2. The number of benzene rings is 1. The molecule has 0 aliphatic rings. The van der Waals surface area contributed by atoms with Crippen LogP contribution in [0.15, 0.2) is 24.4 Å². The Labute approximate surface area is 88.0 Å². The van der Waals surface area contributed by atoms with Gasteiger partial charge in [-0.25, -0.2) is 4.98 Å². The van der Waals surface area contributed by atoms with Gasteiger partial charge < -0.3 is 0 Å². The molecule has 0 radical (unpaired) electrons. The van der Waals surface area contributed by atoms with Crippen molar-refractivity contribution in [1.82, 2.24) is 9.97 Å². The fourth-order valence-electron chi connectivity index (χ4n) is 1.51. The molecule has 0 amide bonds. The van der Waals surface area contributed by atoms with E-state index in [0.717, 1.165) is 11.0 Å². The van der Waals surface area contributed by atoms with Crippen molar-refractivity contribution in [1.29, 1.82) is 0 Å². The molecule has 0 fully saturated rings. The molecule has 2 nitrogen and oxygen atoms in total. The highest BCUT2D eigenvalue weighted by atomic mass is 35.5. The number of fused-ring (bicyclic) bond motifs is 1. The monoisotopic (exact) mass is 206 g/mol. The maximum atomic E-state index is 5.78. The van der Waals surface area contributed by atoms with Gasteiger partial charge in [-0.15, -0.1) is 0 Å². The van der Waals surface area contributed by atoms with Crippen LogP contribution >= 0.6 is 11.6 Å². The average molecular weight is 207 g/mol. The van der Waals surface area contributed by atoms with Gasteiger partial charge in [0, 0.05) is 0 Å². The Morgan fingerprint density at radius 1 is 1.29 bits per heavy atom. The van der Waals surface area contributed by atoms with E-state index in [2.05, 4.69) is 29.9 Å². The SMILES string of the molecule is CC(C)c1cccc2nc(Cl)cnc12. The number of aromatic nitrogens is 2. The quantitative estimate of drug-likeness (QED) is 0.715. The highest BCUT2D eigenvalue weighted by Gasteiger charge is 2.06. The molecule has 1 heterocycles. The molecule has 2 rings (SSSR count). The first-order valence-electron chi connectivity index (χ1n) is 4.59. The largest absolute Gasteiger partial charge is 0.251 e. The Bertz CT molecular complexity index is 466. The fourth-order valence-corrected chi connectivity index (χ4v) is 1.65. The van der Waals surface area contributed by atoms with E-state index >= 15 is 0 Å². The van der Waals surface area contributed by atoms with E-state index < -0.39 is 0 Å². The summed E-state index contributed by atoms with van der Waals surface area (Å²) >= 11 is 5.78. The summed E-state index contributed by atoms with van der Waals surface area (Å²) < 4.78 is 0. The zero-order valence-corrected chi connectivity index (χ0v) is 8.92. The Hall–Kier alpha value is -1.15. The summed E-state index contributed by atoms with van der Waals surface area (Å²) in [7, 11) is 0. The Balaban J connectivity index is 2.75. The summed E-state index contributed by atoms with van der Waals surface area (Å²) in [5.41, 5.74) is 3.03. The molecular formula is C11H11ClN2. The summed E-state index contributed by atoms with van der Waals surface area (Å²) in [6.07, 6.45) is 1.59. The van der Waals surface area contributed by atoms with Crippen molar-refractivity contribution in [3.63, 3.8) is 0 Å². The van der Waals surface area contributed by atoms with Gasteiger partial charge in [0.05, 0.1) is 17.2 Å². The molecule has 0 saturated carbocycles. The van der Waals surface area contributed by atoms with Gasteiger partial charge in [-0.1, -0.05) is 37.6 Å². The Morgan fingerprint density at radius 2 is 2.07 bits per heavy atom. The van der Waals surface area contributed by atoms with Crippen molar-refractivity contribution in [3.05, 3.63) is 35.1 Å². The third-order valence-electron chi connectivity index (χ3n) is 2.20. The third kappa shape index (κ3) is 1.58. The zero-order valence-electron chi connectivity index (χ0n) is 8.16. The summed E-state index contributed by atoms with van der Waals surface area (Å²) in [4.78, 5) is 8.53. The lowest BCUT2D eigenvalue weighted by Crippen LogP contribution is -1.93. The molecule has 0 unspecified atom stereocenters. The number of para-hydroxylation sites is 1. The van der Waals surface area contributed by atoms with Gasteiger partial charge in [0.15, 0.2) is 0 Å². The average Bonchev–Trinajstić information content (AvgIpc) is 2.16. The van der Waals surface area contributed by atoms with E-state index in [1.165, 1.54) is 5.56 Å². The topological polar surface area (TPSA) is 25.8 Å². The van der Waals surface area contributed by atoms with Crippen molar-refractivity contribution < 1.29 is 0 Å². The minimum Gasteiger partial charge on any atom is -0.251 e. The van der Waals surface area contributed by atoms with Gasteiger partial charge in [-0.3, -0.25) is 4.98 Å². The second-order valence-electron chi connectivity index (χ2n) is 3.56. The van der Waals surface area contributed by atoms with Gasteiger partial charge in [-0.05, 0) is 17.5 Å². The molecule has 0 saturated heterocycles. The second kappa shape index (κ2) is 3.54. The van der Waals surface area contributed by atoms with Crippen molar-refractivity contribution in [3.8, 4) is 0 Å². The van der Waals surface area contributed by atoms with Crippen LogP contribution in [0.3, 0.4) is 0 Å². The second-order valence-corrected chi connectivity index (χ2v) is 3.95.